The lowest BCUT2D eigenvalue weighted by molar-refractivity contribution is -0.385. The average molecular weight is 438 g/mol. The lowest BCUT2D eigenvalue weighted by Gasteiger charge is -2.39. The van der Waals surface area contributed by atoms with Crippen molar-refractivity contribution in [3.05, 3.63) is 34.1 Å². The number of anilines is 1. The Bertz CT molecular complexity index is 722. The third-order valence-corrected chi connectivity index (χ3v) is 6.22. The van der Waals surface area contributed by atoms with E-state index in [1.807, 2.05) is 4.90 Å². The molecule has 0 saturated carbocycles. The summed E-state index contributed by atoms with van der Waals surface area (Å²) in [7, 11) is 0. The number of benzene rings is 1. The Balaban J connectivity index is 0.00000107. The lowest BCUT2D eigenvalue weighted by Crippen LogP contribution is -2.42. The number of piperidine rings is 2. The fourth-order valence-electron chi connectivity index (χ4n) is 4.83. The number of non-ortho nitro benzene ring substituents is 1. The van der Waals surface area contributed by atoms with Crippen LogP contribution in [0.15, 0.2) is 18.2 Å². The Hall–Kier alpha value is -2.22. The molecule has 3 rings (SSSR count). The summed E-state index contributed by atoms with van der Waals surface area (Å²) in [6, 6.07) is 3.98. The quantitative estimate of drug-likeness (QED) is 0.404. The Morgan fingerprint density at radius 3 is 2.16 bits per heavy atom. The molecule has 1 aromatic carbocycles. The summed E-state index contributed by atoms with van der Waals surface area (Å²) >= 11 is 0. The molecule has 7 nitrogen and oxygen atoms in total. The molecule has 0 bridgehead atoms. The molecule has 0 spiro atoms. The first-order chi connectivity index (χ1) is 14.6. The van der Waals surface area contributed by atoms with Crippen LogP contribution in [0, 0.1) is 33.2 Å². The summed E-state index contributed by atoms with van der Waals surface area (Å²) in [6.45, 7) is 12.0. The molecule has 0 radical (unpaired) electrons. The molecular formula is C23H36FN3O4. The first-order valence-corrected chi connectivity index (χ1v) is 11.1. The van der Waals surface area contributed by atoms with Crippen LogP contribution in [0.1, 0.15) is 52.9 Å². The topological polar surface area (TPSA) is 86.9 Å². The summed E-state index contributed by atoms with van der Waals surface area (Å²) in [6.07, 6.45) is 6.05. The van der Waals surface area contributed by atoms with Crippen molar-refractivity contribution in [3.63, 3.8) is 0 Å². The zero-order valence-corrected chi connectivity index (χ0v) is 18.9. The van der Waals surface area contributed by atoms with Crippen molar-refractivity contribution in [3.8, 4) is 0 Å². The zero-order chi connectivity index (χ0) is 23.0. The number of hydrogen-bond acceptors (Lipinski definition) is 5. The highest BCUT2D eigenvalue weighted by molar-refractivity contribution is 5.52. The third-order valence-electron chi connectivity index (χ3n) is 6.22. The van der Waals surface area contributed by atoms with Gasteiger partial charge in [-0.3, -0.25) is 14.9 Å². The van der Waals surface area contributed by atoms with Crippen LogP contribution in [0.4, 0.5) is 15.8 Å². The Morgan fingerprint density at radius 2 is 1.68 bits per heavy atom. The van der Waals surface area contributed by atoms with Crippen LogP contribution < -0.4 is 4.90 Å². The van der Waals surface area contributed by atoms with E-state index in [0.29, 0.717) is 17.0 Å². The smallest absolute Gasteiger partial charge is 0.290 e. The molecule has 0 unspecified atom stereocenters. The van der Waals surface area contributed by atoms with Crippen molar-refractivity contribution >= 4 is 17.8 Å². The second-order valence-electron chi connectivity index (χ2n) is 9.94. The number of carbonyl (C=O) groups is 1. The van der Waals surface area contributed by atoms with Gasteiger partial charge in [-0.25, -0.2) is 4.39 Å². The van der Waals surface area contributed by atoms with Crippen molar-refractivity contribution in [1.29, 1.82) is 0 Å². The number of nitro groups is 1. The van der Waals surface area contributed by atoms with Crippen LogP contribution in [0.5, 0.6) is 0 Å². The SMILES string of the molecule is CC(C)(C)CC1CCN(CC2CCN(c3ccc([N+](=O)[O-])cc3F)CC2)CC1.O=CO. The van der Waals surface area contributed by atoms with Crippen LogP contribution in [-0.2, 0) is 4.79 Å². The summed E-state index contributed by atoms with van der Waals surface area (Å²) in [4.78, 5) is 23.2. The maximum atomic E-state index is 14.3. The number of rotatable bonds is 5. The normalized spacial score (nSPS) is 18.9. The maximum absolute atomic E-state index is 14.3. The van der Waals surface area contributed by atoms with E-state index in [0.717, 1.165) is 44.5 Å². The lowest BCUT2D eigenvalue weighted by atomic mass is 9.80. The molecule has 0 aliphatic carbocycles. The molecule has 0 aromatic heterocycles. The molecule has 0 amide bonds. The monoisotopic (exact) mass is 437 g/mol. The van der Waals surface area contributed by atoms with Gasteiger partial charge in [0, 0.05) is 25.7 Å². The molecule has 2 saturated heterocycles. The first kappa shape index (κ1) is 25.0. The fourth-order valence-corrected chi connectivity index (χ4v) is 4.83. The second-order valence-corrected chi connectivity index (χ2v) is 9.94. The van der Waals surface area contributed by atoms with Gasteiger partial charge in [0.15, 0.2) is 5.82 Å². The van der Waals surface area contributed by atoms with E-state index >= 15 is 0 Å². The van der Waals surface area contributed by atoms with Crippen LogP contribution in [0.25, 0.3) is 0 Å². The van der Waals surface area contributed by atoms with Gasteiger partial charge in [0.05, 0.1) is 16.7 Å². The molecule has 2 aliphatic heterocycles. The van der Waals surface area contributed by atoms with Crippen LogP contribution in [-0.4, -0.2) is 54.1 Å². The van der Waals surface area contributed by atoms with Gasteiger partial charge in [-0.1, -0.05) is 20.8 Å². The number of likely N-dealkylation sites (tertiary alicyclic amines) is 1. The minimum Gasteiger partial charge on any atom is -0.483 e. The van der Waals surface area contributed by atoms with E-state index in [1.165, 1.54) is 38.4 Å². The Morgan fingerprint density at radius 1 is 1.13 bits per heavy atom. The molecule has 0 atom stereocenters. The summed E-state index contributed by atoms with van der Waals surface area (Å²) < 4.78 is 14.3. The van der Waals surface area contributed by atoms with E-state index in [1.54, 1.807) is 6.07 Å². The predicted octanol–water partition coefficient (Wildman–Crippen LogP) is 4.80. The number of nitro benzene ring substituents is 1. The van der Waals surface area contributed by atoms with E-state index in [9.17, 15) is 14.5 Å². The fraction of sp³-hybridized carbons (Fsp3) is 0.696. The third kappa shape index (κ3) is 8.09. The molecular weight excluding hydrogens is 401 g/mol. The highest BCUT2D eigenvalue weighted by Gasteiger charge is 2.27. The van der Waals surface area contributed by atoms with Gasteiger partial charge in [0.25, 0.3) is 12.2 Å². The molecule has 2 aliphatic rings. The van der Waals surface area contributed by atoms with E-state index < -0.39 is 10.7 Å². The van der Waals surface area contributed by atoms with Gasteiger partial charge in [0.2, 0.25) is 0 Å². The molecule has 1 aromatic rings. The first-order valence-electron chi connectivity index (χ1n) is 11.1. The van der Waals surface area contributed by atoms with Crippen molar-refractivity contribution < 1.29 is 19.2 Å². The summed E-state index contributed by atoms with van der Waals surface area (Å²) in [5, 5.41) is 17.7. The number of hydrogen-bond donors (Lipinski definition) is 1. The second kappa shape index (κ2) is 11.4. The summed E-state index contributed by atoms with van der Waals surface area (Å²) in [5.41, 5.74) is 0.727. The Labute approximate surface area is 184 Å². The van der Waals surface area contributed by atoms with Crippen molar-refractivity contribution in [2.75, 3.05) is 37.6 Å². The molecule has 31 heavy (non-hydrogen) atoms. The van der Waals surface area contributed by atoms with E-state index in [-0.39, 0.29) is 12.2 Å². The minimum absolute atomic E-state index is 0.189. The largest absolute Gasteiger partial charge is 0.483 e. The molecule has 2 heterocycles. The van der Waals surface area contributed by atoms with Gasteiger partial charge >= 0.3 is 0 Å². The average Bonchev–Trinajstić information content (AvgIpc) is 2.70. The van der Waals surface area contributed by atoms with Gasteiger partial charge < -0.3 is 14.9 Å². The minimum atomic E-state index is -0.552. The zero-order valence-electron chi connectivity index (χ0n) is 18.9. The highest BCUT2D eigenvalue weighted by atomic mass is 19.1. The Kier molecular flexibility index (Phi) is 9.22. The van der Waals surface area contributed by atoms with Gasteiger partial charge in [0.1, 0.15) is 0 Å². The van der Waals surface area contributed by atoms with Crippen molar-refractivity contribution in [2.45, 2.75) is 52.9 Å². The van der Waals surface area contributed by atoms with Crippen molar-refractivity contribution in [2.24, 2.45) is 17.3 Å². The van der Waals surface area contributed by atoms with Crippen LogP contribution >= 0.6 is 0 Å². The van der Waals surface area contributed by atoms with Crippen LogP contribution in [0.2, 0.25) is 0 Å². The number of halogens is 1. The molecule has 2 fully saturated rings. The van der Waals surface area contributed by atoms with Crippen molar-refractivity contribution in [1.82, 2.24) is 4.90 Å². The van der Waals surface area contributed by atoms with Crippen LogP contribution in [0.3, 0.4) is 0 Å². The molecule has 8 heteroatoms. The maximum Gasteiger partial charge on any atom is 0.290 e. The van der Waals surface area contributed by atoms with E-state index in [2.05, 4.69) is 25.7 Å². The van der Waals surface area contributed by atoms with Gasteiger partial charge in [-0.05, 0) is 68.5 Å². The summed E-state index contributed by atoms with van der Waals surface area (Å²) in [5.74, 6) is 1.04. The van der Waals surface area contributed by atoms with E-state index in [4.69, 9.17) is 9.90 Å². The van der Waals surface area contributed by atoms with Gasteiger partial charge in [-0.15, -0.1) is 0 Å². The standard InChI is InChI=1S/C22H34FN3O2.CH2O2/c1-22(2,3)15-17-6-10-24(11-7-17)16-18-8-12-25(13-9-18)21-5-4-19(26(27)28)14-20(21)23;2-1-3/h4-5,14,17-18H,6-13,15-16H2,1-3H3;1H,(H,2,3). The van der Waals surface area contributed by atoms with Gasteiger partial charge in [-0.2, -0.15) is 0 Å². The highest BCUT2D eigenvalue weighted by Crippen LogP contribution is 2.32. The number of carboxylic acid groups (broad SMARTS) is 1. The number of nitrogens with zero attached hydrogens (tertiary/aromatic N) is 3. The predicted molar refractivity (Wildman–Crippen MR) is 120 cm³/mol. The molecule has 174 valence electrons. The molecule has 1 N–H and O–H groups in total.